The van der Waals surface area contributed by atoms with Crippen LogP contribution in [0.3, 0.4) is 0 Å². The number of benzene rings is 7. The zero-order chi connectivity index (χ0) is 36.2. The lowest BCUT2D eigenvalue weighted by Gasteiger charge is -2.32. The lowest BCUT2D eigenvalue weighted by atomic mass is 9.59. The molecule has 2 aliphatic rings. The largest absolute Gasteiger partial charge is 0.320 e. The van der Waals surface area contributed by atoms with Gasteiger partial charge in [-0.1, -0.05) is 113 Å². The van der Waals surface area contributed by atoms with Gasteiger partial charge in [0.25, 0.3) is 0 Å². The third-order valence-electron chi connectivity index (χ3n) is 12.9. The molecule has 1 aliphatic heterocycles. The van der Waals surface area contributed by atoms with Gasteiger partial charge in [-0.25, -0.2) is 0 Å². The summed E-state index contributed by atoms with van der Waals surface area (Å²) in [6, 6.07) is 29.8. The number of aliphatic imine (C=N–C) groups is 1. The van der Waals surface area contributed by atoms with Gasteiger partial charge in [0.05, 0.1) is 17.8 Å². The number of anilines is 1. The van der Waals surface area contributed by atoms with Gasteiger partial charge in [0.2, 0.25) is 0 Å². The molecule has 52 heavy (non-hydrogen) atoms. The number of amidine groups is 1. The van der Waals surface area contributed by atoms with Crippen LogP contribution in [-0.2, 0) is 0 Å². The van der Waals surface area contributed by atoms with Crippen LogP contribution in [0.1, 0.15) is 6.92 Å². The molecule has 2 unspecified atom stereocenters. The highest BCUT2D eigenvalue weighted by molar-refractivity contribution is 6.71. The molecule has 1 aliphatic carbocycles. The highest BCUT2D eigenvalue weighted by Gasteiger charge is 2.35. The van der Waals surface area contributed by atoms with E-state index in [0.29, 0.717) is 0 Å². The Hall–Kier alpha value is -4.95. The molecular formula is C42H38B8N2. The van der Waals surface area contributed by atoms with Crippen molar-refractivity contribution < 1.29 is 0 Å². The Morgan fingerprint density at radius 3 is 1.60 bits per heavy atom. The summed E-state index contributed by atoms with van der Waals surface area (Å²) in [6.45, 7) is 2.17. The second kappa shape index (κ2) is 12.1. The van der Waals surface area contributed by atoms with Gasteiger partial charge in [0.1, 0.15) is 68.6 Å². The maximum atomic E-state index is 5.15. The SMILES string of the molecule is Bc1c(B)c(B)c2c(-c3cc4ccccc4c4ccccc34)c3c(B)c(B)c(B)c(B)c3c(-c3ccccc3N3C(C)=NC4C=CC=CC43)c2c1B. The summed E-state index contributed by atoms with van der Waals surface area (Å²) in [7, 11) is 18.7. The first-order chi connectivity index (χ1) is 25.1. The van der Waals surface area contributed by atoms with Crippen LogP contribution in [-0.4, -0.2) is 80.7 Å². The quantitative estimate of drug-likeness (QED) is 0.111. The van der Waals surface area contributed by atoms with Crippen LogP contribution in [0.4, 0.5) is 5.69 Å². The molecule has 10 heteroatoms. The smallest absolute Gasteiger partial charge is 0.139 e. The van der Waals surface area contributed by atoms with E-state index in [1.807, 2.05) is 0 Å². The lowest BCUT2D eigenvalue weighted by Crippen LogP contribution is -2.50. The molecule has 0 fully saturated rings. The summed E-state index contributed by atoms with van der Waals surface area (Å²) in [5, 5.41) is 10.6. The van der Waals surface area contributed by atoms with E-state index >= 15 is 0 Å². The standard InChI is InChI=1S/C42H38B8N2/c1-19-51-26-15-7-9-17-28(26)52(19)27-16-8-6-14-24(27)29-31-33(37(45)41(49)39(47)35(31)43)30(34-32(29)36(44)40(48)42(50)38(34)46)25-18-20-10-2-3-11-21(20)22-12-4-5-13-23(22)25/h2-18,26,28H,43-50H2,1H3. The van der Waals surface area contributed by atoms with Crippen molar-refractivity contribution in [2.45, 2.75) is 19.0 Å². The van der Waals surface area contributed by atoms with E-state index in [9.17, 15) is 0 Å². The Balaban J connectivity index is 1.55. The fraction of sp³-hybridized carbons (Fsp3) is 0.0714. The molecule has 0 spiro atoms. The van der Waals surface area contributed by atoms with Crippen LogP contribution in [0.15, 0.2) is 108 Å². The summed E-state index contributed by atoms with van der Waals surface area (Å²) in [4.78, 5) is 7.64. The summed E-state index contributed by atoms with van der Waals surface area (Å²) >= 11 is 0. The van der Waals surface area contributed by atoms with Gasteiger partial charge in [-0.2, -0.15) is 0 Å². The summed E-state index contributed by atoms with van der Waals surface area (Å²) in [5.74, 6) is 1.06. The van der Waals surface area contributed by atoms with Gasteiger partial charge in [0.15, 0.2) is 0 Å². The normalized spacial score (nSPS) is 16.7. The van der Waals surface area contributed by atoms with Gasteiger partial charge in [-0.15, -0.1) is 21.9 Å². The lowest BCUT2D eigenvalue weighted by molar-refractivity contribution is 0.739. The molecular weight excluding hydrogens is 619 g/mol. The van der Waals surface area contributed by atoms with Gasteiger partial charge in [-0.05, 0) is 78.8 Å². The molecule has 9 rings (SSSR count). The van der Waals surface area contributed by atoms with Gasteiger partial charge in [-0.3, -0.25) is 4.99 Å². The number of para-hydroxylation sites is 1. The molecule has 240 valence electrons. The van der Waals surface area contributed by atoms with E-state index in [4.69, 9.17) is 4.99 Å². The van der Waals surface area contributed by atoms with Crippen molar-refractivity contribution in [2.75, 3.05) is 4.90 Å². The van der Waals surface area contributed by atoms with Crippen molar-refractivity contribution in [3.63, 3.8) is 0 Å². The minimum absolute atomic E-state index is 0.123. The average molecular weight is 657 g/mol. The van der Waals surface area contributed by atoms with Gasteiger partial charge in [0, 0.05) is 5.56 Å². The Bertz CT molecular complexity index is 2740. The molecule has 2 atom stereocenters. The predicted molar refractivity (Wildman–Crippen MR) is 254 cm³/mol. The van der Waals surface area contributed by atoms with Gasteiger partial charge >= 0.3 is 0 Å². The summed E-state index contributed by atoms with van der Waals surface area (Å²) in [5.41, 5.74) is 17.4. The van der Waals surface area contributed by atoms with E-state index in [2.05, 4.69) is 178 Å². The van der Waals surface area contributed by atoms with Crippen molar-refractivity contribution in [3.8, 4) is 22.3 Å². The van der Waals surface area contributed by atoms with Crippen LogP contribution >= 0.6 is 0 Å². The highest BCUT2D eigenvalue weighted by atomic mass is 15.3. The first-order valence-corrected chi connectivity index (χ1v) is 18.7. The molecule has 7 aromatic carbocycles. The molecule has 0 aromatic heterocycles. The van der Waals surface area contributed by atoms with Crippen LogP contribution in [0, 0.1) is 0 Å². The molecule has 0 amide bonds. The number of nitrogens with zero attached hydrogens (tertiary/aromatic N) is 2. The van der Waals surface area contributed by atoms with Crippen LogP contribution < -0.4 is 48.6 Å². The fourth-order valence-corrected chi connectivity index (χ4v) is 9.59. The Morgan fingerprint density at radius 1 is 0.500 bits per heavy atom. The van der Waals surface area contributed by atoms with Gasteiger partial charge < -0.3 is 4.90 Å². The number of fused-ring (bicyclic) bond motifs is 6. The van der Waals surface area contributed by atoms with Crippen LogP contribution in [0.25, 0.3) is 65.3 Å². The molecule has 0 saturated carbocycles. The van der Waals surface area contributed by atoms with E-state index in [1.165, 1.54) is 115 Å². The predicted octanol–water partition coefficient (Wildman–Crippen LogP) is -3.20. The van der Waals surface area contributed by atoms with Crippen molar-refractivity contribution >= 4 is 161 Å². The van der Waals surface area contributed by atoms with Crippen LogP contribution in [0.5, 0.6) is 0 Å². The second-order valence-electron chi connectivity index (χ2n) is 15.3. The number of hydrogen-bond donors (Lipinski definition) is 0. The van der Waals surface area contributed by atoms with E-state index in [1.54, 1.807) is 0 Å². The molecule has 0 N–H and O–H groups in total. The van der Waals surface area contributed by atoms with Crippen molar-refractivity contribution in [1.29, 1.82) is 0 Å². The summed E-state index contributed by atoms with van der Waals surface area (Å²) in [6.07, 6.45) is 8.87. The zero-order valence-electron chi connectivity index (χ0n) is 31.9. The number of hydrogen-bond acceptors (Lipinski definition) is 2. The number of allylic oxidation sites excluding steroid dienone is 2. The topological polar surface area (TPSA) is 15.6 Å². The molecule has 0 saturated heterocycles. The first kappa shape index (κ1) is 32.9. The number of rotatable bonds is 3. The minimum Gasteiger partial charge on any atom is -0.320 e. The average Bonchev–Trinajstić information content (AvgIpc) is 3.51. The molecule has 0 radical (unpaired) electrons. The minimum atomic E-state index is 0.123. The van der Waals surface area contributed by atoms with Crippen molar-refractivity contribution in [2.24, 2.45) is 4.99 Å². The first-order valence-electron chi connectivity index (χ1n) is 18.7. The second-order valence-corrected chi connectivity index (χ2v) is 15.3. The maximum absolute atomic E-state index is 5.15. The summed E-state index contributed by atoms with van der Waals surface area (Å²) < 4.78 is 0. The fourth-order valence-electron chi connectivity index (χ4n) is 9.59. The van der Waals surface area contributed by atoms with Crippen molar-refractivity contribution in [3.05, 3.63) is 103 Å². The molecule has 0 bridgehead atoms. The maximum Gasteiger partial charge on any atom is 0.139 e. The van der Waals surface area contributed by atoms with E-state index in [0.717, 1.165) is 5.84 Å². The third kappa shape index (κ3) is 4.52. The zero-order valence-corrected chi connectivity index (χ0v) is 31.9. The molecule has 1 heterocycles. The van der Waals surface area contributed by atoms with Crippen LogP contribution in [0.2, 0.25) is 0 Å². The highest BCUT2D eigenvalue weighted by Crippen LogP contribution is 2.47. The Morgan fingerprint density at radius 2 is 0.981 bits per heavy atom. The van der Waals surface area contributed by atoms with E-state index in [-0.39, 0.29) is 12.1 Å². The Labute approximate surface area is 314 Å². The van der Waals surface area contributed by atoms with Crippen molar-refractivity contribution in [1.82, 2.24) is 0 Å². The molecule has 2 nitrogen and oxygen atoms in total. The third-order valence-corrected chi connectivity index (χ3v) is 12.9. The molecule has 7 aromatic rings. The Kier molecular flexibility index (Phi) is 7.63. The van der Waals surface area contributed by atoms with E-state index < -0.39 is 0 Å². The monoisotopic (exact) mass is 658 g/mol.